The fraction of sp³-hybridized carbons (Fsp3) is 0.364. The zero-order chi connectivity index (χ0) is 10.7. The highest BCUT2D eigenvalue weighted by molar-refractivity contribution is 5.59. The van der Waals surface area contributed by atoms with E-state index in [1.165, 1.54) is 0 Å². The van der Waals surface area contributed by atoms with E-state index < -0.39 is 0 Å². The molecule has 4 heteroatoms. The van der Waals surface area contributed by atoms with E-state index in [0.29, 0.717) is 5.56 Å². The van der Waals surface area contributed by atoms with E-state index in [4.69, 9.17) is 16.0 Å². The number of nitrogens with two attached hydrogens (primary N) is 1. The van der Waals surface area contributed by atoms with Gasteiger partial charge < -0.3 is 4.90 Å². The Labute approximate surface area is 88.8 Å². The zero-order valence-electron chi connectivity index (χ0n) is 8.39. The van der Waals surface area contributed by atoms with Gasteiger partial charge >= 0.3 is 0 Å². The van der Waals surface area contributed by atoms with Gasteiger partial charge in [0.25, 0.3) is 0 Å². The van der Waals surface area contributed by atoms with Crippen LogP contribution in [0.1, 0.15) is 12.0 Å². The quantitative estimate of drug-likeness (QED) is 0.729. The zero-order valence-corrected chi connectivity index (χ0v) is 8.39. The number of rotatable bonds is 2. The molecule has 1 atom stereocenters. The Balaban J connectivity index is 2.20. The van der Waals surface area contributed by atoms with Crippen LogP contribution in [0.2, 0.25) is 0 Å². The Morgan fingerprint density at radius 1 is 1.47 bits per heavy atom. The SMILES string of the molecule is N#Cc1ccccc1N1CCC(ON)C1. The highest BCUT2D eigenvalue weighted by atomic mass is 16.6. The van der Waals surface area contributed by atoms with Crippen LogP contribution in [-0.2, 0) is 4.84 Å². The molecule has 0 aromatic heterocycles. The Morgan fingerprint density at radius 2 is 2.27 bits per heavy atom. The van der Waals surface area contributed by atoms with E-state index in [-0.39, 0.29) is 6.10 Å². The van der Waals surface area contributed by atoms with Gasteiger partial charge in [-0.2, -0.15) is 5.26 Å². The Kier molecular flexibility index (Phi) is 2.86. The van der Waals surface area contributed by atoms with Crippen LogP contribution in [-0.4, -0.2) is 19.2 Å². The fourth-order valence-corrected chi connectivity index (χ4v) is 1.90. The second-order valence-corrected chi connectivity index (χ2v) is 3.62. The maximum atomic E-state index is 8.97. The summed E-state index contributed by atoms with van der Waals surface area (Å²) in [5, 5.41) is 8.97. The topological polar surface area (TPSA) is 62.3 Å². The molecule has 0 amide bonds. The van der Waals surface area contributed by atoms with Crippen LogP contribution in [0.25, 0.3) is 0 Å². The summed E-state index contributed by atoms with van der Waals surface area (Å²) in [5.74, 6) is 5.15. The lowest BCUT2D eigenvalue weighted by Gasteiger charge is -2.19. The summed E-state index contributed by atoms with van der Waals surface area (Å²) in [6.07, 6.45) is 0.993. The molecule has 78 valence electrons. The predicted octanol–water partition coefficient (Wildman–Crippen LogP) is 1.03. The number of para-hydroxylation sites is 1. The smallest absolute Gasteiger partial charge is 0.101 e. The van der Waals surface area contributed by atoms with Gasteiger partial charge in [0.2, 0.25) is 0 Å². The first-order chi connectivity index (χ1) is 7.35. The van der Waals surface area contributed by atoms with Crippen LogP contribution in [0.15, 0.2) is 24.3 Å². The first-order valence-corrected chi connectivity index (χ1v) is 4.94. The predicted molar refractivity (Wildman–Crippen MR) is 57.0 cm³/mol. The first kappa shape index (κ1) is 9.97. The Morgan fingerprint density at radius 3 is 2.93 bits per heavy atom. The van der Waals surface area contributed by atoms with Gasteiger partial charge in [-0.1, -0.05) is 12.1 Å². The molecule has 1 aromatic carbocycles. The molecular formula is C11H13N3O. The molecule has 4 nitrogen and oxygen atoms in total. The van der Waals surface area contributed by atoms with Crippen LogP contribution in [0.3, 0.4) is 0 Å². The molecule has 1 unspecified atom stereocenters. The molecule has 1 aromatic rings. The van der Waals surface area contributed by atoms with Gasteiger partial charge in [0.15, 0.2) is 0 Å². The Bertz CT molecular complexity index is 386. The second-order valence-electron chi connectivity index (χ2n) is 3.62. The summed E-state index contributed by atoms with van der Waals surface area (Å²) in [4.78, 5) is 6.95. The third kappa shape index (κ3) is 1.94. The first-order valence-electron chi connectivity index (χ1n) is 4.94. The average Bonchev–Trinajstić information content (AvgIpc) is 2.77. The molecule has 1 saturated heterocycles. The molecule has 1 fully saturated rings. The molecule has 15 heavy (non-hydrogen) atoms. The van der Waals surface area contributed by atoms with E-state index in [1.807, 2.05) is 24.3 Å². The maximum Gasteiger partial charge on any atom is 0.101 e. The van der Waals surface area contributed by atoms with Gasteiger partial charge in [0.1, 0.15) is 6.07 Å². The molecule has 0 bridgehead atoms. The molecule has 0 spiro atoms. The molecular weight excluding hydrogens is 190 g/mol. The van der Waals surface area contributed by atoms with E-state index in [2.05, 4.69) is 11.0 Å². The van der Waals surface area contributed by atoms with Gasteiger partial charge in [-0.15, -0.1) is 0 Å². The van der Waals surface area contributed by atoms with Gasteiger partial charge in [0, 0.05) is 13.1 Å². The molecule has 1 aliphatic rings. The van der Waals surface area contributed by atoms with Crippen LogP contribution in [0, 0.1) is 11.3 Å². The lowest BCUT2D eigenvalue weighted by atomic mass is 10.2. The standard InChI is InChI=1S/C11H13N3O/c12-7-9-3-1-2-4-11(9)14-6-5-10(8-14)15-13/h1-4,10H,5-6,8,13H2. The van der Waals surface area contributed by atoms with E-state index in [0.717, 1.165) is 25.2 Å². The van der Waals surface area contributed by atoms with Crippen molar-refractivity contribution in [3.63, 3.8) is 0 Å². The van der Waals surface area contributed by atoms with Gasteiger partial charge in [-0.25, -0.2) is 5.90 Å². The van der Waals surface area contributed by atoms with E-state index in [9.17, 15) is 0 Å². The molecule has 1 heterocycles. The van der Waals surface area contributed by atoms with Crippen molar-refractivity contribution in [1.29, 1.82) is 5.26 Å². The van der Waals surface area contributed by atoms with Crippen molar-refractivity contribution in [2.75, 3.05) is 18.0 Å². The van der Waals surface area contributed by atoms with Crippen molar-refractivity contribution < 1.29 is 4.84 Å². The minimum absolute atomic E-state index is 0.0803. The molecule has 2 N–H and O–H groups in total. The highest BCUT2D eigenvalue weighted by Crippen LogP contribution is 2.24. The minimum Gasteiger partial charge on any atom is -0.368 e. The number of hydrogen-bond acceptors (Lipinski definition) is 4. The number of nitrogens with zero attached hydrogens (tertiary/aromatic N) is 2. The van der Waals surface area contributed by atoms with Gasteiger partial charge in [0.05, 0.1) is 17.4 Å². The largest absolute Gasteiger partial charge is 0.368 e. The number of anilines is 1. The number of benzene rings is 1. The van der Waals surface area contributed by atoms with E-state index in [1.54, 1.807) is 0 Å². The molecule has 0 saturated carbocycles. The van der Waals surface area contributed by atoms with Crippen molar-refractivity contribution >= 4 is 5.69 Å². The highest BCUT2D eigenvalue weighted by Gasteiger charge is 2.24. The fourth-order valence-electron chi connectivity index (χ4n) is 1.90. The summed E-state index contributed by atoms with van der Waals surface area (Å²) in [7, 11) is 0. The summed E-state index contributed by atoms with van der Waals surface area (Å²) in [5.41, 5.74) is 1.68. The van der Waals surface area contributed by atoms with Crippen molar-refractivity contribution in [1.82, 2.24) is 0 Å². The summed E-state index contributed by atoms with van der Waals surface area (Å²) < 4.78 is 0. The number of hydrogen-bond donors (Lipinski definition) is 1. The monoisotopic (exact) mass is 203 g/mol. The molecule has 1 aliphatic heterocycles. The molecule has 0 radical (unpaired) electrons. The molecule has 0 aliphatic carbocycles. The van der Waals surface area contributed by atoms with Crippen molar-refractivity contribution in [3.05, 3.63) is 29.8 Å². The van der Waals surface area contributed by atoms with Crippen LogP contribution >= 0.6 is 0 Å². The normalized spacial score (nSPS) is 20.3. The van der Waals surface area contributed by atoms with Gasteiger partial charge in [-0.05, 0) is 18.6 Å². The Hall–Kier alpha value is -1.57. The van der Waals surface area contributed by atoms with Crippen molar-refractivity contribution in [2.24, 2.45) is 5.90 Å². The van der Waals surface area contributed by atoms with Gasteiger partial charge in [-0.3, -0.25) is 4.84 Å². The summed E-state index contributed by atoms with van der Waals surface area (Å²) in [6.45, 7) is 1.65. The van der Waals surface area contributed by atoms with Crippen molar-refractivity contribution in [2.45, 2.75) is 12.5 Å². The lowest BCUT2D eigenvalue weighted by molar-refractivity contribution is 0.0690. The maximum absolute atomic E-state index is 8.97. The lowest BCUT2D eigenvalue weighted by Crippen LogP contribution is -2.25. The summed E-state index contributed by atoms with van der Waals surface area (Å²) >= 11 is 0. The van der Waals surface area contributed by atoms with Crippen molar-refractivity contribution in [3.8, 4) is 6.07 Å². The third-order valence-corrected chi connectivity index (χ3v) is 2.70. The summed E-state index contributed by atoms with van der Waals surface area (Å²) in [6, 6.07) is 9.78. The third-order valence-electron chi connectivity index (χ3n) is 2.70. The van der Waals surface area contributed by atoms with E-state index >= 15 is 0 Å². The van der Waals surface area contributed by atoms with Crippen LogP contribution < -0.4 is 10.8 Å². The second kappa shape index (κ2) is 4.30. The van der Waals surface area contributed by atoms with Crippen LogP contribution in [0.4, 0.5) is 5.69 Å². The average molecular weight is 203 g/mol. The minimum atomic E-state index is 0.0803. The number of nitriles is 1. The molecule has 2 rings (SSSR count). The van der Waals surface area contributed by atoms with Crippen LogP contribution in [0.5, 0.6) is 0 Å².